The number of halogens is 1. The molecule has 146 valence electrons. The van der Waals surface area contributed by atoms with E-state index in [-0.39, 0.29) is 22.4 Å². The molecular weight excluding hydrogens is 462 g/mol. The Bertz CT molecular complexity index is 1110. The van der Waals surface area contributed by atoms with E-state index in [1.165, 1.54) is 0 Å². The lowest BCUT2D eigenvalue weighted by atomic mass is 10.2. The Morgan fingerprint density at radius 1 is 1.14 bits per heavy atom. The van der Waals surface area contributed by atoms with Crippen LogP contribution >= 0.6 is 27.3 Å². The fourth-order valence-electron chi connectivity index (χ4n) is 2.45. The predicted octanol–water partition coefficient (Wildman–Crippen LogP) is 4.50. The maximum absolute atomic E-state index is 12.4. The van der Waals surface area contributed by atoms with E-state index >= 15 is 0 Å². The Labute approximate surface area is 176 Å². The molecular formula is C19H18BrN3O3S2. The molecule has 0 aliphatic rings. The summed E-state index contributed by atoms with van der Waals surface area (Å²) in [4.78, 5) is 16.7. The quantitative estimate of drug-likeness (QED) is 0.544. The number of sulfonamides is 1. The summed E-state index contributed by atoms with van der Waals surface area (Å²) < 4.78 is 28.2. The lowest BCUT2D eigenvalue weighted by Crippen LogP contribution is -2.16. The molecule has 0 fully saturated rings. The highest BCUT2D eigenvalue weighted by molar-refractivity contribution is 9.10. The van der Waals surface area contributed by atoms with E-state index in [2.05, 4.69) is 31.0 Å². The molecule has 3 aromatic rings. The number of aryl methyl sites for hydroxylation is 2. The van der Waals surface area contributed by atoms with Crippen molar-refractivity contribution in [2.75, 3.05) is 10.0 Å². The van der Waals surface area contributed by atoms with E-state index in [4.69, 9.17) is 0 Å². The fourth-order valence-corrected chi connectivity index (χ4v) is 4.89. The van der Waals surface area contributed by atoms with Gasteiger partial charge in [-0.25, -0.2) is 13.4 Å². The maximum atomic E-state index is 12.4. The molecule has 9 heteroatoms. The molecule has 0 spiro atoms. The van der Waals surface area contributed by atoms with Gasteiger partial charge >= 0.3 is 0 Å². The van der Waals surface area contributed by atoms with Crippen molar-refractivity contribution in [3.8, 4) is 0 Å². The van der Waals surface area contributed by atoms with Gasteiger partial charge in [0, 0.05) is 15.5 Å². The van der Waals surface area contributed by atoms with Gasteiger partial charge in [-0.1, -0.05) is 33.6 Å². The van der Waals surface area contributed by atoms with Crippen LogP contribution in [0.1, 0.15) is 16.8 Å². The topological polar surface area (TPSA) is 88.2 Å². The van der Waals surface area contributed by atoms with Crippen LogP contribution in [0.15, 0.2) is 57.2 Å². The Hall–Kier alpha value is -2.23. The molecule has 2 aromatic carbocycles. The van der Waals surface area contributed by atoms with Gasteiger partial charge in [0.05, 0.1) is 17.0 Å². The molecule has 1 amide bonds. The molecule has 0 saturated carbocycles. The average Bonchev–Trinajstić information content (AvgIpc) is 3.04. The zero-order valence-electron chi connectivity index (χ0n) is 15.2. The van der Waals surface area contributed by atoms with Gasteiger partial charge in [0.2, 0.25) is 5.91 Å². The smallest absolute Gasteiger partial charge is 0.263 e. The predicted molar refractivity (Wildman–Crippen MR) is 115 cm³/mol. The maximum Gasteiger partial charge on any atom is 0.263 e. The third kappa shape index (κ3) is 5.18. The van der Waals surface area contributed by atoms with Crippen LogP contribution < -0.4 is 10.0 Å². The highest BCUT2D eigenvalue weighted by atomic mass is 79.9. The van der Waals surface area contributed by atoms with Gasteiger partial charge in [0.25, 0.3) is 10.0 Å². The van der Waals surface area contributed by atoms with Crippen LogP contribution in [0.25, 0.3) is 0 Å². The van der Waals surface area contributed by atoms with Gasteiger partial charge in [-0.05, 0) is 49.7 Å². The summed E-state index contributed by atoms with van der Waals surface area (Å²) in [5.41, 5.74) is 3.14. The van der Waals surface area contributed by atoms with Crippen molar-refractivity contribution in [3.63, 3.8) is 0 Å². The monoisotopic (exact) mass is 479 g/mol. The van der Waals surface area contributed by atoms with Crippen LogP contribution in [0.5, 0.6) is 0 Å². The van der Waals surface area contributed by atoms with Crippen molar-refractivity contribution in [2.24, 2.45) is 0 Å². The van der Waals surface area contributed by atoms with Gasteiger partial charge < -0.3 is 5.32 Å². The van der Waals surface area contributed by atoms with Crippen molar-refractivity contribution in [1.82, 2.24) is 4.98 Å². The molecule has 0 aliphatic heterocycles. The normalized spacial score (nSPS) is 11.2. The number of benzene rings is 2. The van der Waals surface area contributed by atoms with Crippen LogP contribution in [0, 0.1) is 13.8 Å². The minimum absolute atomic E-state index is 0.0538. The number of nitrogens with zero attached hydrogens (tertiary/aromatic N) is 1. The zero-order valence-corrected chi connectivity index (χ0v) is 18.4. The summed E-state index contributed by atoms with van der Waals surface area (Å²) in [5.74, 6) is -0.219. The van der Waals surface area contributed by atoms with Gasteiger partial charge in [0.1, 0.15) is 0 Å². The first kappa shape index (κ1) is 20.5. The molecule has 1 heterocycles. The average molecular weight is 480 g/mol. The molecule has 3 rings (SSSR count). The minimum atomic E-state index is -3.71. The van der Waals surface area contributed by atoms with Crippen LogP contribution in [-0.4, -0.2) is 19.3 Å². The number of rotatable bonds is 6. The second kappa shape index (κ2) is 8.42. The molecule has 28 heavy (non-hydrogen) atoms. The number of hydrogen-bond acceptors (Lipinski definition) is 5. The number of amides is 1. The van der Waals surface area contributed by atoms with Crippen molar-refractivity contribution in [2.45, 2.75) is 25.2 Å². The second-order valence-electron chi connectivity index (χ2n) is 6.25. The van der Waals surface area contributed by atoms with E-state index in [0.717, 1.165) is 32.6 Å². The van der Waals surface area contributed by atoms with E-state index in [1.54, 1.807) is 29.6 Å². The van der Waals surface area contributed by atoms with Crippen LogP contribution in [-0.2, 0) is 21.2 Å². The first-order chi connectivity index (χ1) is 13.2. The van der Waals surface area contributed by atoms with E-state index in [1.807, 2.05) is 32.0 Å². The van der Waals surface area contributed by atoms with Crippen molar-refractivity contribution >= 4 is 54.0 Å². The molecule has 2 N–H and O–H groups in total. The minimum Gasteiger partial charge on any atom is -0.326 e. The Morgan fingerprint density at radius 2 is 1.86 bits per heavy atom. The number of hydrogen-bond donors (Lipinski definition) is 2. The number of carbonyl (C=O) groups is 1. The summed E-state index contributed by atoms with van der Waals surface area (Å²) in [6, 6.07) is 12.1. The van der Waals surface area contributed by atoms with Crippen molar-refractivity contribution < 1.29 is 13.2 Å². The van der Waals surface area contributed by atoms with E-state index in [0.29, 0.717) is 5.69 Å². The van der Waals surface area contributed by atoms with Gasteiger partial charge in [0.15, 0.2) is 5.13 Å². The largest absolute Gasteiger partial charge is 0.326 e. The molecule has 0 unspecified atom stereocenters. The molecule has 0 saturated heterocycles. The number of nitrogens with one attached hydrogen (secondary N) is 2. The summed E-state index contributed by atoms with van der Waals surface area (Å²) in [5, 5.41) is 4.73. The third-order valence-corrected chi connectivity index (χ3v) is 6.69. The Kier molecular flexibility index (Phi) is 6.17. The number of carbonyl (C=O) groups excluding carboxylic acids is 1. The third-order valence-electron chi connectivity index (χ3n) is 3.91. The molecule has 0 aliphatic carbocycles. The summed E-state index contributed by atoms with van der Waals surface area (Å²) >= 11 is 4.53. The summed E-state index contributed by atoms with van der Waals surface area (Å²) in [6.07, 6.45) is 0.0538. The standard InChI is InChI=1S/C19H18BrN3O3S2/c1-12-3-6-16(7-4-12)28(25,26)23-19-21-15(11-27-19)10-18(24)22-17-8-5-14(20)9-13(17)2/h3-9,11H,10H2,1-2H3,(H,21,23)(H,22,24). The second-order valence-corrected chi connectivity index (χ2v) is 9.70. The summed E-state index contributed by atoms with van der Waals surface area (Å²) in [6.45, 7) is 3.79. The Morgan fingerprint density at radius 3 is 2.54 bits per heavy atom. The first-order valence-corrected chi connectivity index (χ1v) is 11.5. The van der Waals surface area contributed by atoms with E-state index in [9.17, 15) is 13.2 Å². The first-order valence-electron chi connectivity index (χ1n) is 8.33. The zero-order chi connectivity index (χ0) is 20.3. The number of thiazole rings is 1. The number of aromatic nitrogens is 1. The van der Waals surface area contributed by atoms with Crippen LogP contribution in [0.2, 0.25) is 0 Å². The summed E-state index contributed by atoms with van der Waals surface area (Å²) in [7, 11) is -3.71. The number of anilines is 2. The Balaban J connectivity index is 1.65. The van der Waals surface area contributed by atoms with E-state index < -0.39 is 10.0 Å². The molecule has 0 bridgehead atoms. The fraction of sp³-hybridized carbons (Fsp3) is 0.158. The molecule has 1 aromatic heterocycles. The van der Waals surface area contributed by atoms with Gasteiger partial charge in [-0.3, -0.25) is 9.52 Å². The molecule has 0 radical (unpaired) electrons. The lowest BCUT2D eigenvalue weighted by molar-refractivity contribution is -0.115. The SMILES string of the molecule is Cc1ccc(S(=O)(=O)Nc2nc(CC(=O)Nc3ccc(Br)cc3C)cs2)cc1. The molecule has 0 atom stereocenters. The van der Waals surface area contributed by atoms with Crippen molar-refractivity contribution in [3.05, 3.63) is 69.1 Å². The highest BCUT2D eigenvalue weighted by Crippen LogP contribution is 2.22. The van der Waals surface area contributed by atoms with Crippen LogP contribution in [0.4, 0.5) is 10.8 Å². The van der Waals surface area contributed by atoms with Gasteiger partial charge in [-0.2, -0.15) is 0 Å². The van der Waals surface area contributed by atoms with Gasteiger partial charge in [-0.15, -0.1) is 11.3 Å². The highest BCUT2D eigenvalue weighted by Gasteiger charge is 2.17. The lowest BCUT2D eigenvalue weighted by Gasteiger charge is -2.08. The van der Waals surface area contributed by atoms with Crippen LogP contribution in [0.3, 0.4) is 0 Å². The molecule has 6 nitrogen and oxygen atoms in total. The van der Waals surface area contributed by atoms with Crippen molar-refractivity contribution in [1.29, 1.82) is 0 Å².